The minimum atomic E-state index is -0.139. The average Bonchev–Trinajstić information content (AvgIpc) is 3.40. The molecule has 0 aliphatic carbocycles. The number of carbonyl (C=O) groups is 1. The molecule has 9 heteroatoms. The molecule has 1 N–H and O–H groups in total. The third-order valence-corrected chi connectivity index (χ3v) is 4.22. The number of nitrogens with zero attached hydrogens (tertiary/aromatic N) is 5. The summed E-state index contributed by atoms with van der Waals surface area (Å²) < 4.78 is 6.86. The van der Waals surface area contributed by atoms with Crippen LogP contribution in [0.4, 0.5) is 5.69 Å². The molecule has 0 aliphatic heterocycles. The van der Waals surface area contributed by atoms with Crippen LogP contribution in [0, 0.1) is 0 Å². The van der Waals surface area contributed by atoms with E-state index < -0.39 is 0 Å². The lowest BCUT2D eigenvalue weighted by molar-refractivity contribution is -0.116. The van der Waals surface area contributed by atoms with Crippen LogP contribution < -0.4 is 5.32 Å². The fraction of sp³-hybridized carbons (Fsp3) is 0.105. The molecule has 8 nitrogen and oxygen atoms in total. The molecule has 140 valence electrons. The zero-order valence-electron chi connectivity index (χ0n) is 14.6. The molecule has 2 heterocycles. The average molecular weight is 395 g/mol. The monoisotopic (exact) mass is 394 g/mol. The molecule has 0 spiro atoms. The van der Waals surface area contributed by atoms with Gasteiger partial charge in [-0.15, -0.1) is 0 Å². The highest BCUT2D eigenvalue weighted by Crippen LogP contribution is 2.19. The van der Waals surface area contributed by atoms with E-state index in [0.29, 0.717) is 28.8 Å². The molecule has 1 amide bonds. The van der Waals surface area contributed by atoms with Crippen LogP contribution in [-0.2, 0) is 11.2 Å². The molecule has 0 saturated carbocycles. The highest BCUT2D eigenvalue weighted by Gasteiger charge is 2.11. The van der Waals surface area contributed by atoms with E-state index in [1.807, 2.05) is 24.3 Å². The lowest BCUT2D eigenvalue weighted by atomic mass is 10.2. The lowest BCUT2D eigenvalue weighted by Gasteiger charge is -2.05. The van der Waals surface area contributed by atoms with Crippen molar-refractivity contribution in [3.8, 4) is 17.1 Å². The molecule has 0 saturated heterocycles. The van der Waals surface area contributed by atoms with Gasteiger partial charge in [-0.25, -0.2) is 9.67 Å². The summed E-state index contributed by atoms with van der Waals surface area (Å²) in [6, 6.07) is 14.4. The zero-order valence-corrected chi connectivity index (χ0v) is 15.4. The maximum atomic E-state index is 12.2. The number of hydrogen-bond acceptors (Lipinski definition) is 6. The molecule has 0 aliphatic rings. The van der Waals surface area contributed by atoms with Crippen molar-refractivity contribution in [1.82, 2.24) is 24.9 Å². The summed E-state index contributed by atoms with van der Waals surface area (Å²) in [5.41, 5.74) is 2.36. The first-order valence-electron chi connectivity index (χ1n) is 8.51. The van der Waals surface area contributed by atoms with Crippen LogP contribution in [0.2, 0.25) is 5.02 Å². The van der Waals surface area contributed by atoms with E-state index in [1.165, 1.54) is 6.33 Å². The maximum absolute atomic E-state index is 12.2. The van der Waals surface area contributed by atoms with Gasteiger partial charge in [0.15, 0.2) is 0 Å². The normalized spacial score (nSPS) is 10.8. The van der Waals surface area contributed by atoms with E-state index in [4.69, 9.17) is 16.1 Å². The Hall–Kier alpha value is -3.52. The molecule has 4 rings (SSSR count). The van der Waals surface area contributed by atoms with Gasteiger partial charge in [-0.05, 0) is 48.5 Å². The van der Waals surface area contributed by atoms with Gasteiger partial charge in [-0.3, -0.25) is 4.79 Å². The number of nitrogens with one attached hydrogen (secondary N) is 1. The molecule has 28 heavy (non-hydrogen) atoms. The van der Waals surface area contributed by atoms with Crippen molar-refractivity contribution in [1.29, 1.82) is 0 Å². The highest BCUT2D eigenvalue weighted by atomic mass is 35.5. The maximum Gasteiger partial charge on any atom is 0.227 e. The highest BCUT2D eigenvalue weighted by molar-refractivity contribution is 6.30. The number of halogens is 1. The standard InChI is InChI=1S/C19H15ClN6O2/c20-14-3-1-13(2-4-14)19-24-18(28-25-19)10-9-17(27)23-15-5-7-16(8-6-15)26-12-21-11-22-26/h1-8,11-12H,9-10H2,(H,23,27). The predicted octanol–water partition coefficient (Wildman–Crippen LogP) is 3.54. The number of aryl methyl sites for hydroxylation is 1. The molecule has 4 aromatic rings. The second-order valence-electron chi connectivity index (χ2n) is 5.95. The molecule has 0 unspecified atom stereocenters. The zero-order chi connectivity index (χ0) is 19.3. The van der Waals surface area contributed by atoms with E-state index in [1.54, 1.807) is 35.3 Å². The molecule has 0 fully saturated rings. The van der Waals surface area contributed by atoms with Crippen molar-refractivity contribution in [2.45, 2.75) is 12.8 Å². The van der Waals surface area contributed by atoms with E-state index in [0.717, 1.165) is 11.3 Å². The largest absolute Gasteiger partial charge is 0.339 e. The van der Waals surface area contributed by atoms with Crippen molar-refractivity contribution in [3.63, 3.8) is 0 Å². The number of amides is 1. The van der Waals surface area contributed by atoms with Gasteiger partial charge in [0.2, 0.25) is 17.6 Å². The Bertz CT molecular complexity index is 1060. The summed E-state index contributed by atoms with van der Waals surface area (Å²) in [6.45, 7) is 0. The smallest absolute Gasteiger partial charge is 0.227 e. The summed E-state index contributed by atoms with van der Waals surface area (Å²) in [5.74, 6) is 0.733. The second kappa shape index (κ2) is 8.01. The predicted molar refractivity (Wildman–Crippen MR) is 103 cm³/mol. The van der Waals surface area contributed by atoms with Crippen molar-refractivity contribution >= 4 is 23.2 Å². The Morgan fingerprint density at radius 3 is 2.61 bits per heavy atom. The quantitative estimate of drug-likeness (QED) is 0.537. The van der Waals surface area contributed by atoms with Gasteiger partial charge in [0, 0.05) is 29.1 Å². The first-order valence-corrected chi connectivity index (χ1v) is 8.88. The molecule has 2 aromatic heterocycles. The van der Waals surface area contributed by atoms with Crippen LogP contribution in [0.3, 0.4) is 0 Å². The van der Waals surface area contributed by atoms with Crippen LogP contribution in [0.5, 0.6) is 0 Å². The first-order chi connectivity index (χ1) is 13.7. The second-order valence-corrected chi connectivity index (χ2v) is 6.39. The number of hydrogen-bond donors (Lipinski definition) is 1. The van der Waals surface area contributed by atoms with Crippen LogP contribution in [0.25, 0.3) is 17.1 Å². The molecule has 0 bridgehead atoms. The van der Waals surface area contributed by atoms with Gasteiger partial charge >= 0.3 is 0 Å². The Morgan fingerprint density at radius 2 is 1.89 bits per heavy atom. The van der Waals surface area contributed by atoms with E-state index in [-0.39, 0.29) is 12.3 Å². The van der Waals surface area contributed by atoms with Crippen molar-refractivity contribution < 1.29 is 9.32 Å². The summed E-state index contributed by atoms with van der Waals surface area (Å²) in [7, 11) is 0. The van der Waals surface area contributed by atoms with Crippen molar-refractivity contribution in [2.75, 3.05) is 5.32 Å². The first kappa shape index (κ1) is 17.9. The Balaban J connectivity index is 1.31. The van der Waals surface area contributed by atoms with E-state index in [2.05, 4.69) is 25.5 Å². The molecular weight excluding hydrogens is 380 g/mol. The van der Waals surface area contributed by atoms with Crippen LogP contribution in [-0.4, -0.2) is 30.8 Å². The number of rotatable bonds is 6. The topological polar surface area (TPSA) is 98.7 Å². The molecule has 0 atom stereocenters. The summed E-state index contributed by atoms with van der Waals surface area (Å²) in [6.07, 6.45) is 3.65. The van der Waals surface area contributed by atoms with Crippen LogP contribution >= 0.6 is 11.6 Å². The van der Waals surface area contributed by atoms with E-state index >= 15 is 0 Å². The summed E-state index contributed by atoms with van der Waals surface area (Å²) in [4.78, 5) is 20.4. The number of benzene rings is 2. The van der Waals surface area contributed by atoms with Crippen LogP contribution in [0.1, 0.15) is 12.3 Å². The van der Waals surface area contributed by atoms with Gasteiger partial charge < -0.3 is 9.84 Å². The molecule has 2 aromatic carbocycles. The SMILES string of the molecule is O=C(CCc1nc(-c2ccc(Cl)cc2)no1)Nc1ccc(-n2cncn2)cc1. The van der Waals surface area contributed by atoms with Gasteiger partial charge in [-0.1, -0.05) is 16.8 Å². The molecular formula is C19H15ClN6O2. The van der Waals surface area contributed by atoms with Crippen molar-refractivity contribution in [3.05, 3.63) is 72.1 Å². The number of carbonyl (C=O) groups excluding carboxylic acids is 1. The Morgan fingerprint density at radius 1 is 1.11 bits per heavy atom. The fourth-order valence-corrected chi connectivity index (χ4v) is 2.68. The fourth-order valence-electron chi connectivity index (χ4n) is 2.56. The van der Waals surface area contributed by atoms with Gasteiger partial charge in [-0.2, -0.15) is 10.1 Å². The van der Waals surface area contributed by atoms with Crippen molar-refractivity contribution in [2.24, 2.45) is 0 Å². The van der Waals surface area contributed by atoms with Gasteiger partial charge in [0.25, 0.3) is 0 Å². The van der Waals surface area contributed by atoms with Gasteiger partial charge in [0.1, 0.15) is 12.7 Å². The summed E-state index contributed by atoms with van der Waals surface area (Å²) >= 11 is 5.87. The third kappa shape index (κ3) is 4.24. The Labute approximate surface area is 165 Å². The molecule has 0 radical (unpaired) electrons. The number of anilines is 1. The van der Waals surface area contributed by atoms with Crippen LogP contribution in [0.15, 0.2) is 65.7 Å². The Kier molecular flexibility index (Phi) is 5.11. The minimum absolute atomic E-state index is 0.139. The lowest BCUT2D eigenvalue weighted by Crippen LogP contribution is -2.12. The summed E-state index contributed by atoms with van der Waals surface area (Å²) in [5, 5.41) is 11.5. The van der Waals surface area contributed by atoms with Gasteiger partial charge in [0.05, 0.1) is 5.69 Å². The number of aromatic nitrogens is 5. The minimum Gasteiger partial charge on any atom is -0.339 e. The van der Waals surface area contributed by atoms with E-state index in [9.17, 15) is 4.79 Å². The third-order valence-electron chi connectivity index (χ3n) is 3.97.